The second-order valence-corrected chi connectivity index (χ2v) is 10.4. The molecule has 1 fully saturated rings. The lowest BCUT2D eigenvalue weighted by Crippen LogP contribution is -2.29. The maximum absolute atomic E-state index is 12.8. The zero-order chi connectivity index (χ0) is 27.2. The Kier molecular flexibility index (Phi) is 8.97. The average molecular weight is 521 g/mol. The van der Waals surface area contributed by atoms with Gasteiger partial charge in [-0.05, 0) is 81.0 Å². The third kappa shape index (κ3) is 6.69. The van der Waals surface area contributed by atoms with E-state index in [0.717, 1.165) is 46.8 Å². The van der Waals surface area contributed by atoms with Gasteiger partial charge in [-0.15, -0.1) is 0 Å². The van der Waals surface area contributed by atoms with Crippen molar-refractivity contribution < 1.29 is 23.5 Å². The largest absolute Gasteiger partial charge is 0.493 e. The molecule has 7 nitrogen and oxygen atoms in total. The lowest BCUT2D eigenvalue weighted by Gasteiger charge is -2.24. The number of carbonyl (C=O) groups excluding carboxylic acids is 2. The first-order valence-corrected chi connectivity index (χ1v) is 13.7. The minimum Gasteiger partial charge on any atom is -0.493 e. The van der Waals surface area contributed by atoms with Crippen LogP contribution < -0.4 is 10.1 Å². The molecule has 3 aromatic rings. The van der Waals surface area contributed by atoms with Crippen molar-refractivity contribution in [2.75, 3.05) is 32.1 Å². The molecule has 2 atom stereocenters. The van der Waals surface area contributed by atoms with E-state index < -0.39 is 0 Å². The molecule has 204 valence electrons. The lowest BCUT2D eigenvalue weighted by atomic mass is 9.94. The Labute approximate surface area is 225 Å². The fraction of sp³-hybridized carbons (Fsp3) is 0.484. The maximum Gasteiger partial charge on any atom is 0.307 e. The van der Waals surface area contributed by atoms with Gasteiger partial charge in [0, 0.05) is 35.8 Å². The Morgan fingerprint density at radius 2 is 1.87 bits per heavy atom. The minimum absolute atomic E-state index is 0.0305. The van der Waals surface area contributed by atoms with Crippen LogP contribution in [0.15, 0.2) is 46.9 Å². The second kappa shape index (κ2) is 12.4. The summed E-state index contributed by atoms with van der Waals surface area (Å²) in [6.45, 7) is 9.70. The highest BCUT2D eigenvalue weighted by Gasteiger charge is 2.26. The van der Waals surface area contributed by atoms with E-state index in [4.69, 9.17) is 13.9 Å². The summed E-state index contributed by atoms with van der Waals surface area (Å²) >= 11 is 0. The topological polar surface area (TPSA) is 81.0 Å². The van der Waals surface area contributed by atoms with Gasteiger partial charge in [0.1, 0.15) is 17.1 Å². The van der Waals surface area contributed by atoms with E-state index in [9.17, 15) is 9.59 Å². The summed E-state index contributed by atoms with van der Waals surface area (Å²) in [5.41, 5.74) is 3.46. The maximum atomic E-state index is 12.8. The molecule has 0 bridgehead atoms. The van der Waals surface area contributed by atoms with Crippen molar-refractivity contribution in [1.82, 2.24) is 4.90 Å². The molecule has 7 heteroatoms. The van der Waals surface area contributed by atoms with Crippen molar-refractivity contribution in [1.29, 1.82) is 0 Å². The standard InChI is InChI=1S/C31H40N2O5/c1-6-20(3)29(30-21(4)26-18-25(14-15-27(26)38-30)37-19-22-8-9-22)32-24-12-10-23(11-13-24)31(35)33(5)17-16-28(34)36-7-2/h10-15,18,20,22,29,32H,6-9,16-17,19H2,1-5H3. The number of hydrogen-bond donors (Lipinski definition) is 1. The number of rotatable bonds is 13. The zero-order valence-electron chi connectivity index (χ0n) is 23.2. The number of anilines is 1. The summed E-state index contributed by atoms with van der Waals surface area (Å²) in [4.78, 5) is 26.0. The number of aryl methyl sites for hydroxylation is 1. The predicted molar refractivity (Wildman–Crippen MR) is 150 cm³/mol. The lowest BCUT2D eigenvalue weighted by molar-refractivity contribution is -0.143. The van der Waals surface area contributed by atoms with Gasteiger partial charge < -0.3 is 24.1 Å². The molecule has 38 heavy (non-hydrogen) atoms. The van der Waals surface area contributed by atoms with Crippen molar-refractivity contribution in [2.24, 2.45) is 11.8 Å². The first-order valence-electron chi connectivity index (χ1n) is 13.7. The van der Waals surface area contributed by atoms with Gasteiger partial charge in [-0.2, -0.15) is 0 Å². The highest BCUT2D eigenvalue weighted by molar-refractivity contribution is 5.94. The summed E-state index contributed by atoms with van der Waals surface area (Å²) in [5, 5.41) is 4.73. The number of nitrogens with one attached hydrogen (secondary N) is 1. The van der Waals surface area contributed by atoms with Gasteiger partial charge in [0.15, 0.2) is 0 Å². The van der Waals surface area contributed by atoms with Gasteiger partial charge in [0.25, 0.3) is 5.91 Å². The van der Waals surface area contributed by atoms with E-state index in [1.807, 2.05) is 36.4 Å². The smallest absolute Gasteiger partial charge is 0.307 e. The van der Waals surface area contributed by atoms with Crippen LogP contribution in [0, 0.1) is 18.8 Å². The minimum atomic E-state index is -0.300. The van der Waals surface area contributed by atoms with Crippen LogP contribution in [-0.4, -0.2) is 43.6 Å². The molecule has 1 amide bonds. The number of esters is 1. The van der Waals surface area contributed by atoms with Crippen LogP contribution in [0.3, 0.4) is 0 Å². The summed E-state index contributed by atoms with van der Waals surface area (Å²) in [6, 6.07) is 13.5. The van der Waals surface area contributed by atoms with Crippen LogP contribution in [0.2, 0.25) is 0 Å². The molecule has 0 saturated heterocycles. The van der Waals surface area contributed by atoms with Crippen molar-refractivity contribution in [3.63, 3.8) is 0 Å². The van der Waals surface area contributed by atoms with Gasteiger partial charge in [-0.25, -0.2) is 0 Å². The molecular weight excluding hydrogens is 480 g/mol. The summed E-state index contributed by atoms with van der Waals surface area (Å²) in [5.74, 6) is 2.40. The third-order valence-corrected chi connectivity index (χ3v) is 7.38. The molecule has 1 heterocycles. The van der Waals surface area contributed by atoms with Crippen LogP contribution in [0.25, 0.3) is 11.0 Å². The number of amides is 1. The Bertz CT molecular complexity index is 1250. The fourth-order valence-electron chi connectivity index (χ4n) is 4.51. The molecule has 1 saturated carbocycles. The highest BCUT2D eigenvalue weighted by Crippen LogP contribution is 2.38. The molecule has 0 spiro atoms. The third-order valence-electron chi connectivity index (χ3n) is 7.38. The number of nitrogens with zero attached hydrogens (tertiary/aromatic N) is 1. The first-order chi connectivity index (χ1) is 18.3. The first kappa shape index (κ1) is 27.6. The number of benzene rings is 2. The molecule has 2 aromatic carbocycles. The highest BCUT2D eigenvalue weighted by atomic mass is 16.5. The molecule has 1 aromatic heterocycles. The van der Waals surface area contributed by atoms with Crippen molar-refractivity contribution >= 4 is 28.5 Å². The number of ether oxygens (including phenoxy) is 2. The SMILES string of the molecule is CCOC(=O)CCN(C)C(=O)c1ccc(NC(c2oc3ccc(OCC4CC4)cc3c2C)C(C)CC)cc1. The van der Waals surface area contributed by atoms with Gasteiger partial charge in [-0.3, -0.25) is 9.59 Å². The molecule has 1 N–H and O–H groups in total. The van der Waals surface area contributed by atoms with E-state index in [1.165, 1.54) is 12.8 Å². The number of carbonyl (C=O) groups is 2. The van der Waals surface area contributed by atoms with Crippen molar-refractivity contribution in [3.8, 4) is 5.75 Å². The number of furan rings is 1. The molecule has 1 aliphatic rings. The van der Waals surface area contributed by atoms with Crippen LogP contribution in [0.4, 0.5) is 5.69 Å². The summed E-state index contributed by atoms with van der Waals surface area (Å²) in [6.07, 6.45) is 3.68. The Balaban J connectivity index is 1.47. The normalized spacial score (nSPS) is 14.7. The molecule has 1 aliphatic carbocycles. The monoisotopic (exact) mass is 520 g/mol. The van der Waals surface area contributed by atoms with Crippen molar-refractivity contribution in [3.05, 3.63) is 59.4 Å². The average Bonchev–Trinajstić information content (AvgIpc) is 3.71. The van der Waals surface area contributed by atoms with Crippen LogP contribution in [0.5, 0.6) is 5.75 Å². The van der Waals surface area contributed by atoms with Gasteiger partial charge in [0.2, 0.25) is 0 Å². The summed E-state index contributed by atoms with van der Waals surface area (Å²) in [7, 11) is 1.69. The van der Waals surface area contributed by atoms with E-state index in [1.54, 1.807) is 18.9 Å². The van der Waals surface area contributed by atoms with Crippen LogP contribution in [0.1, 0.15) is 74.2 Å². The molecule has 4 rings (SSSR count). The quantitative estimate of drug-likeness (QED) is 0.251. The van der Waals surface area contributed by atoms with E-state index >= 15 is 0 Å². The molecule has 0 radical (unpaired) electrons. The van der Waals surface area contributed by atoms with Crippen LogP contribution in [-0.2, 0) is 9.53 Å². The van der Waals surface area contributed by atoms with Crippen LogP contribution >= 0.6 is 0 Å². The van der Waals surface area contributed by atoms with Gasteiger partial charge in [-0.1, -0.05) is 20.3 Å². The van der Waals surface area contributed by atoms with E-state index in [0.29, 0.717) is 30.6 Å². The van der Waals surface area contributed by atoms with E-state index in [-0.39, 0.29) is 24.3 Å². The predicted octanol–water partition coefficient (Wildman–Crippen LogP) is 6.75. The second-order valence-electron chi connectivity index (χ2n) is 10.4. The Hall–Kier alpha value is -3.48. The molecule has 2 unspecified atom stereocenters. The van der Waals surface area contributed by atoms with Gasteiger partial charge in [0.05, 0.1) is 25.7 Å². The van der Waals surface area contributed by atoms with Crippen molar-refractivity contribution in [2.45, 2.75) is 59.4 Å². The Morgan fingerprint density at radius 1 is 1.13 bits per heavy atom. The van der Waals surface area contributed by atoms with E-state index in [2.05, 4.69) is 32.2 Å². The number of hydrogen-bond acceptors (Lipinski definition) is 6. The zero-order valence-corrected chi connectivity index (χ0v) is 23.2. The van der Waals surface area contributed by atoms with Gasteiger partial charge >= 0.3 is 5.97 Å². The fourth-order valence-corrected chi connectivity index (χ4v) is 4.51. The summed E-state index contributed by atoms with van der Waals surface area (Å²) < 4.78 is 17.3. The molecular formula is C31H40N2O5. The Morgan fingerprint density at radius 3 is 2.53 bits per heavy atom. The molecule has 0 aliphatic heterocycles. The number of fused-ring (bicyclic) bond motifs is 1.